The summed E-state index contributed by atoms with van der Waals surface area (Å²) in [5, 5.41) is 0. The maximum atomic E-state index is 5.86. The van der Waals surface area contributed by atoms with Gasteiger partial charge in [0.2, 0.25) is 0 Å². The summed E-state index contributed by atoms with van der Waals surface area (Å²) in [4.78, 5) is 0. The molecule has 0 radical (unpaired) electrons. The first-order valence-electron chi connectivity index (χ1n) is 15.5. The van der Waals surface area contributed by atoms with E-state index in [0.717, 1.165) is 17.5 Å². The van der Waals surface area contributed by atoms with Gasteiger partial charge >= 0.3 is 175 Å². The Kier molecular flexibility index (Phi) is 16.9. The molecule has 264 valence electrons. The van der Waals surface area contributed by atoms with Crippen LogP contribution in [0.5, 0.6) is 0 Å². The molecule has 0 N–H and O–H groups in total. The molecule has 0 fully saturated rings. The summed E-state index contributed by atoms with van der Waals surface area (Å²) in [6.45, 7) is 13.6. The van der Waals surface area contributed by atoms with Crippen LogP contribution in [0.2, 0.25) is 0 Å². The van der Waals surface area contributed by atoms with Crippen molar-refractivity contribution in [2.45, 2.75) is 66.4 Å². The second-order valence-electron chi connectivity index (χ2n) is 13.8. The van der Waals surface area contributed by atoms with Crippen LogP contribution in [0.1, 0.15) is 86.1 Å². The summed E-state index contributed by atoms with van der Waals surface area (Å²) in [6, 6.07) is 40.1. The van der Waals surface area contributed by atoms with Crippen LogP contribution < -0.4 is 24.8 Å². The minimum atomic E-state index is -1.41. The van der Waals surface area contributed by atoms with Gasteiger partial charge < -0.3 is 24.8 Å². The van der Waals surface area contributed by atoms with E-state index in [1.54, 1.807) is 0 Å². The number of benzene rings is 4. The van der Waals surface area contributed by atoms with Gasteiger partial charge in [-0.15, -0.1) is 11.1 Å². The molecule has 1 aliphatic carbocycles. The van der Waals surface area contributed by atoms with Crippen LogP contribution in [-0.4, -0.2) is 3.21 Å². The van der Waals surface area contributed by atoms with Gasteiger partial charge in [0.15, 0.2) is 0 Å². The van der Waals surface area contributed by atoms with Crippen molar-refractivity contribution in [1.82, 2.24) is 0 Å². The van der Waals surface area contributed by atoms with Gasteiger partial charge in [0, 0.05) is 0 Å². The van der Waals surface area contributed by atoms with E-state index in [0.29, 0.717) is 11.1 Å². The Morgan fingerprint density at radius 1 is 0.600 bits per heavy atom. The van der Waals surface area contributed by atoms with E-state index in [9.17, 15) is 0 Å². The Morgan fingerprint density at radius 2 is 1.04 bits per heavy atom. The van der Waals surface area contributed by atoms with Crippen LogP contribution in [0.3, 0.4) is 0 Å². The van der Waals surface area contributed by atoms with E-state index in [1.165, 1.54) is 60.8 Å². The van der Waals surface area contributed by atoms with Crippen molar-refractivity contribution in [3.05, 3.63) is 160 Å². The summed E-state index contributed by atoms with van der Waals surface area (Å²) in [5.41, 5.74) is 12.1. The van der Waals surface area contributed by atoms with E-state index in [1.807, 2.05) is 78.9 Å². The number of rotatable bonds is 2. The largest absolute Gasteiger partial charge is 1.00 e. The number of alkyl halides is 6. The van der Waals surface area contributed by atoms with Crippen LogP contribution in [0.15, 0.2) is 109 Å². The molecule has 6 rings (SSSR count). The summed E-state index contributed by atoms with van der Waals surface area (Å²) < 4.78 is -1.66. The van der Waals surface area contributed by atoms with Gasteiger partial charge in [0.05, 0.1) is 0 Å². The summed E-state index contributed by atoms with van der Waals surface area (Å²) >= 11 is 36.4. The van der Waals surface area contributed by atoms with Gasteiger partial charge in [-0.2, -0.15) is 42.0 Å². The zero-order chi connectivity index (χ0) is 35.5. The Bertz CT molecular complexity index is 1680. The predicted octanol–water partition coefficient (Wildman–Crippen LogP) is 7.52. The Balaban J connectivity index is 0.000000293. The zero-order valence-electron chi connectivity index (χ0n) is 28.6. The van der Waals surface area contributed by atoms with E-state index in [-0.39, 0.29) is 35.6 Å². The van der Waals surface area contributed by atoms with E-state index in [4.69, 9.17) is 69.6 Å². The summed E-state index contributed by atoms with van der Waals surface area (Å²) in [7, 11) is 0. The van der Waals surface area contributed by atoms with Crippen LogP contribution in [0.25, 0.3) is 11.1 Å². The molecule has 0 aliphatic heterocycles. The molecule has 50 heavy (non-hydrogen) atoms. The molecule has 0 bridgehead atoms. The Hall–Kier alpha value is -0.697. The molecule has 5 aromatic rings. The first-order valence-corrected chi connectivity index (χ1v) is 19.0. The van der Waals surface area contributed by atoms with Crippen LogP contribution in [-0.2, 0) is 49.1 Å². The topological polar surface area (TPSA) is 0 Å². The molecule has 0 nitrogen and oxygen atoms in total. The minimum Gasteiger partial charge on any atom is -1.00 e. The van der Waals surface area contributed by atoms with Crippen molar-refractivity contribution in [3.63, 3.8) is 0 Å². The average molecular weight is 906 g/mol. The van der Waals surface area contributed by atoms with Crippen molar-refractivity contribution in [3.8, 4) is 11.1 Å². The van der Waals surface area contributed by atoms with Crippen LogP contribution in [0.4, 0.5) is 0 Å². The van der Waals surface area contributed by atoms with Crippen molar-refractivity contribution in [2.75, 3.05) is 0 Å². The molecule has 0 unspecified atom stereocenters. The first kappa shape index (κ1) is 45.5. The Morgan fingerprint density at radius 3 is 1.42 bits per heavy atom. The monoisotopic (exact) mass is 900 g/mol. The molecule has 0 saturated heterocycles. The fourth-order valence-corrected chi connectivity index (χ4v) is 6.74. The predicted molar refractivity (Wildman–Crippen MR) is 208 cm³/mol. The Labute approximate surface area is 355 Å². The van der Waals surface area contributed by atoms with Gasteiger partial charge in [0.1, 0.15) is 0 Å². The molecule has 0 aromatic heterocycles. The zero-order valence-corrected chi connectivity index (χ0v) is 37.1. The SMILES string of the molecule is CC(C)(C)c1[c-]c2c(cc1)-c1ccc(C(C)(C)C)cc1C2.ClC(Cl)(Cl)c1ccc([C](=[Zr+2])c2ccc(C(Cl)(Cl)Cl)cc2)cc1.[Cl-].[Cl-].c1cc[cH-]c1. The maximum Gasteiger partial charge on any atom is -0.172 e. The number of halogens is 8. The van der Waals surface area contributed by atoms with Crippen molar-refractivity contribution in [2.24, 2.45) is 0 Å². The normalized spacial score (nSPS) is 12.1. The second kappa shape index (κ2) is 18.6. The van der Waals surface area contributed by atoms with Gasteiger partial charge in [-0.25, -0.2) is 12.1 Å². The van der Waals surface area contributed by atoms with Crippen LogP contribution in [0, 0.1) is 6.07 Å². The smallest absolute Gasteiger partial charge is 0.172 e. The molecule has 0 atom stereocenters. The molecule has 0 spiro atoms. The van der Waals surface area contributed by atoms with Gasteiger partial charge in [-0.05, 0) is 28.4 Å². The third-order valence-electron chi connectivity index (χ3n) is 8.02. The molecule has 1 aliphatic rings. The fourth-order valence-electron chi connectivity index (χ4n) is 5.17. The quantitative estimate of drug-likeness (QED) is 0.125. The summed E-state index contributed by atoms with van der Waals surface area (Å²) in [6.07, 6.45) is 1.03. The van der Waals surface area contributed by atoms with Crippen molar-refractivity contribution >= 4 is 72.8 Å². The van der Waals surface area contributed by atoms with Gasteiger partial charge in [-0.3, -0.25) is 0 Å². The maximum absolute atomic E-state index is 5.86. The second-order valence-corrected chi connectivity index (χ2v) is 19.6. The number of hydrogen-bond donors (Lipinski definition) is 0. The molecular weight excluding hydrogens is 867 g/mol. The molecular formula is C41H38Cl8Zr-2. The third-order valence-corrected chi connectivity index (χ3v) is 10.7. The van der Waals surface area contributed by atoms with Crippen molar-refractivity contribution < 1.29 is 49.0 Å². The first-order chi connectivity index (χ1) is 22.2. The fraction of sp³-hybridized carbons (Fsp3) is 0.268. The van der Waals surface area contributed by atoms with Crippen molar-refractivity contribution in [1.29, 1.82) is 0 Å². The van der Waals surface area contributed by atoms with E-state index >= 15 is 0 Å². The number of hydrogen-bond acceptors (Lipinski definition) is 0. The van der Waals surface area contributed by atoms with E-state index in [2.05, 4.69) is 77.9 Å². The third kappa shape index (κ3) is 12.4. The van der Waals surface area contributed by atoms with Gasteiger partial charge in [0.25, 0.3) is 0 Å². The van der Waals surface area contributed by atoms with E-state index < -0.39 is 7.59 Å². The van der Waals surface area contributed by atoms with Gasteiger partial charge in [-0.1, -0.05) is 65.3 Å². The minimum absolute atomic E-state index is 0. The molecule has 0 amide bonds. The number of fused-ring (bicyclic) bond motifs is 3. The average Bonchev–Trinajstić information content (AvgIpc) is 3.71. The van der Waals surface area contributed by atoms with Crippen LogP contribution >= 0.6 is 69.6 Å². The summed E-state index contributed by atoms with van der Waals surface area (Å²) in [5.74, 6) is 0. The standard InChI is InChI=1S/C21H25.C15H8Cl6.C5H5.2ClH.Zr/c1-20(2,3)16-7-9-18-14(12-16)11-15-13-17(21(4,5)6)8-10-19(15)18;16-14(17,18)12-5-1-10(2-6-12)9-11-3-7-13(8-4-11)15(19,20)21;1-2-4-5-3-1;;;/h7-10,12H,11H2,1-6H3;1-8H;1-5H;2*1H;/q-1;;-1;;;+2/p-2. The molecule has 0 heterocycles. The molecule has 5 aromatic carbocycles. The molecule has 9 heteroatoms. The molecule has 0 saturated carbocycles.